The van der Waals surface area contributed by atoms with Crippen LogP contribution in [-0.4, -0.2) is 11.6 Å². The third-order valence-corrected chi connectivity index (χ3v) is 3.12. The topological polar surface area (TPSA) is 34.1 Å². The summed E-state index contributed by atoms with van der Waals surface area (Å²) in [6, 6.07) is 9.73. The summed E-state index contributed by atoms with van der Waals surface area (Å²) in [4.78, 5) is 23.2. The zero-order chi connectivity index (χ0) is 12.1. The SMILES string of the molecule is O=C1CCCC(C(=O)/C=C/c2ccccc2)C1. The first-order chi connectivity index (χ1) is 8.25. The number of carbonyl (C=O) groups excluding carboxylic acids is 2. The molecule has 2 heteroatoms. The lowest BCUT2D eigenvalue weighted by Gasteiger charge is -2.17. The first-order valence-electron chi connectivity index (χ1n) is 6.04. The van der Waals surface area contributed by atoms with E-state index >= 15 is 0 Å². The molecular formula is C15H16O2. The van der Waals surface area contributed by atoms with Crippen molar-refractivity contribution in [2.45, 2.75) is 25.7 Å². The number of carbonyl (C=O) groups is 2. The molecule has 0 radical (unpaired) electrons. The Labute approximate surface area is 101 Å². The van der Waals surface area contributed by atoms with Gasteiger partial charge in [0.05, 0.1) is 0 Å². The van der Waals surface area contributed by atoms with Crippen LogP contribution < -0.4 is 0 Å². The van der Waals surface area contributed by atoms with E-state index in [1.54, 1.807) is 6.08 Å². The second-order valence-corrected chi connectivity index (χ2v) is 4.48. The molecule has 0 N–H and O–H groups in total. The predicted octanol–water partition coefficient (Wildman–Crippen LogP) is 3.03. The quantitative estimate of drug-likeness (QED) is 0.745. The molecule has 2 nitrogen and oxygen atoms in total. The van der Waals surface area contributed by atoms with Gasteiger partial charge in [-0.1, -0.05) is 36.4 Å². The minimum Gasteiger partial charge on any atom is -0.300 e. The standard InChI is InChI=1S/C15H16O2/c16-14-8-4-7-13(11-14)15(17)10-9-12-5-2-1-3-6-12/h1-3,5-6,9-10,13H,4,7-8,11H2/b10-9+. The number of Topliss-reactive ketones (excluding diaryl/α,β-unsaturated/α-hetero) is 1. The van der Waals surface area contributed by atoms with E-state index in [-0.39, 0.29) is 17.5 Å². The Hall–Kier alpha value is -1.70. The van der Waals surface area contributed by atoms with Gasteiger partial charge in [-0.25, -0.2) is 0 Å². The number of hydrogen-bond donors (Lipinski definition) is 0. The van der Waals surface area contributed by atoms with Crippen molar-refractivity contribution in [3.63, 3.8) is 0 Å². The summed E-state index contributed by atoms with van der Waals surface area (Å²) in [7, 11) is 0. The Morgan fingerprint density at radius 2 is 2.00 bits per heavy atom. The molecule has 1 fully saturated rings. The van der Waals surface area contributed by atoms with Gasteiger partial charge in [0.15, 0.2) is 5.78 Å². The van der Waals surface area contributed by atoms with E-state index in [2.05, 4.69) is 0 Å². The first kappa shape index (κ1) is 11.8. The van der Waals surface area contributed by atoms with E-state index < -0.39 is 0 Å². The molecular weight excluding hydrogens is 212 g/mol. The van der Waals surface area contributed by atoms with Crippen LogP contribution in [-0.2, 0) is 9.59 Å². The van der Waals surface area contributed by atoms with E-state index in [1.165, 1.54) is 0 Å². The molecule has 2 rings (SSSR count). The molecule has 17 heavy (non-hydrogen) atoms. The Morgan fingerprint density at radius 1 is 1.24 bits per heavy atom. The van der Waals surface area contributed by atoms with Crippen LogP contribution in [0, 0.1) is 5.92 Å². The third-order valence-electron chi connectivity index (χ3n) is 3.12. The van der Waals surface area contributed by atoms with Crippen LogP contribution in [0.25, 0.3) is 6.08 Å². The lowest BCUT2D eigenvalue weighted by Crippen LogP contribution is -2.21. The highest BCUT2D eigenvalue weighted by Gasteiger charge is 2.23. The average Bonchev–Trinajstić information content (AvgIpc) is 2.37. The molecule has 0 amide bonds. The number of rotatable bonds is 3. The van der Waals surface area contributed by atoms with Crippen molar-refractivity contribution in [2.75, 3.05) is 0 Å². The molecule has 1 aromatic carbocycles. The largest absolute Gasteiger partial charge is 0.300 e. The fourth-order valence-electron chi connectivity index (χ4n) is 2.15. The number of allylic oxidation sites excluding steroid dienone is 1. The highest BCUT2D eigenvalue weighted by Crippen LogP contribution is 2.22. The number of benzene rings is 1. The third kappa shape index (κ3) is 3.38. The van der Waals surface area contributed by atoms with Crippen molar-refractivity contribution in [3.05, 3.63) is 42.0 Å². The minimum absolute atomic E-state index is 0.0851. The maximum Gasteiger partial charge on any atom is 0.159 e. The molecule has 1 aromatic rings. The van der Waals surface area contributed by atoms with Gasteiger partial charge in [0.25, 0.3) is 0 Å². The van der Waals surface area contributed by atoms with Crippen LogP contribution in [0.2, 0.25) is 0 Å². The van der Waals surface area contributed by atoms with Crippen LogP contribution in [0.3, 0.4) is 0 Å². The van der Waals surface area contributed by atoms with Gasteiger partial charge in [0.2, 0.25) is 0 Å². The lowest BCUT2D eigenvalue weighted by molar-refractivity contribution is -0.127. The van der Waals surface area contributed by atoms with Crippen LogP contribution in [0.4, 0.5) is 0 Å². The van der Waals surface area contributed by atoms with Gasteiger partial charge in [0, 0.05) is 18.8 Å². The zero-order valence-corrected chi connectivity index (χ0v) is 9.76. The molecule has 0 heterocycles. The van der Waals surface area contributed by atoms with Gasteiger partial charge in [-0.2, -0.15) is 0 Å². The fraction of sp³-hybridized carbons (Fsp3) is 0.333. The lowest BCUT2D eigenvalue weighted by atomic mass is 9.85. The van der Waals surface area contributed by atoms with Crippen molar-refractivity contribution >= 4 is 17.6 Å². The van der Waals surface area contributed by atoms with Crippen molar-refractivity contribution < 1.29 is 9.59 Å². The average molecular weight is 228 g/mol. The van der Waals surface area contributed by atoms with Crippen molar-refractivity contribution in [1.29, 1.82) is 0 Å². The van der Waals surface area contributed by atoms with Gasteiger partial charge in [-0.15, -0.1) is 0 Å². The highest BCUT2D eigenvalue weighted by atomic mass is 16.1. The normalized spacial score (nSPS) is 20.7. The summed E-state index contributed by atoms with van der Waals surface area (Å²) in [6.07, 6.45) is 6.21. The van der Waals surface area contributed by atoms with Crippen LogP contribution in [0.5, 0.6) is 0 Å². The summed E-state index contributed by atoms with van der Waals surface area (Å²) < 4.78 is 0. The van der Waals surface area contributed by atoms with Crippen LogP contribution in [0.1, 0.15) is 31.2 Å². The monoisotopic (exact) mass is 228 g/mol. The van der Waals surface area contributed by atoms with Crippen LogP contribution in [0.15, 0.2) is 36.4 Å². The van der Waals surface area contributed by atoms with E-state index in [4.69, 9.17) is 0 Å². The molecule has 1 aliphatic rings. The summed E-state index contributed by atoms with van der Waals surface area (Å²) in [5, 5.41) is 0. The zero-order valence-electron chi connectivity index (χ0n) is 9.76. The summed E-state index contributed by atoms with van der Waals surface area (Å²) in [5.41, 5.74) is 1.02. The smallest absolute Gasteiger partial charge is 0.159 e. The number of hydrogen-bond acceptors (Lipinski definition) is 2. The minimum atomic E-state index is -0.0868. The first-order valence-corrected chi connectivity index (χ1v) is 6.04. The van der Waals surface area contributed by atoms with Gasteiger partial charge in [0.1, 0.15) is 5.78 Å². The van der Waals surface area contributed by atoms with Gasteiger partial charge in [-0.05, 0) is 24.5 Å². The fourth-order valence-corrected chi connectivity index (χ4v) is 2.15. The predicted molar refractivity (Wildman–Crippen MR) is 67.4 cm³/mol. The van der Waals surface area contributed by atoms with E-state index in [0.717, 1.165) is 18.4 Å². The van der Waals surface area contributed by atoms with Crippen molar-refractivity contribution in [1.82, 2.24) is 0 Å². The Morgan fingerprint density at radius 3 is 2.71 bits per heavy atom. The van der Waals surface area contributed by atoms with Gasteiger partial charge < -0.3 is 0 Å². The molecule has 1 aliphatic carbocycles. The Balaban J connectivity index is 1.97. The molecule has 1 unspecified atom stereocenters. The summed E-state index contributed by atoms with van der Waals surface area (Å²) in [5.74, 6) is 0.223. The highest BCUT2D eigenvalue weighted by molar-refractivity contribution is 5.98. The second kappa shape index (κ2) is 5.58. The molecule has 1 saturated carbocycles. The molecule has 0 saturated heterocycles. The van der Waals surface area contributed by atoms with E-state index in [9.17, 15) is 9.59 Å². The van der Waals surface area contributed by atoms with Gasteiger partial charge in [-0.3, -0.25) is 9.59 Å². The molecule has 0 aromatic heterocycles. The van der Waals surface area contributed by atoms with Crippen molar-refractivity contribution in [3.8, 4) is 0 Å². The number of ketones is 2. The Bertz CT molecular complexity index is 431. The summed E-state index contributed by atoms with van der Waals surface area (Å²) in [6.45, 7) is 0. The van der Waals surface area contributed by atoms with Crippen molar-refractivity contribution in [2.24, 2.45) is 5.92 Å². The van der Waals surface area contributed by atoms with E-state index in [0.29, 0.717) is 12.8 Å². The van der Waals surface area contributed by atoms with E-state index in [1.807, 2.05) is 36.4 Å². The molecule has 88 valence electrons. The second-order valence-electron chi connectivity index (χ2n) is 4.48. The molecule has 0 bridgehead atoms. The maximum absolute atomic E-state index is 11.9. The molecule has 0 spiro atoms. The molecule has 1 atom stereocenters. The van der Waals surface area contributed by atoms with Gasteiger partial charge >= 0.3 is 0 Å². The maximum atomic E-state index is 11.9. The van der Waals surface area contributed by atoms with Crippen LogP contribution >= 0.6 is 0 Å². The Kier molecular flexibility index (Phi) is 3.86. The molecule has 0 aliphatic heterocycles. The summed E-state index contributed by atoms with van der Waals surface area (Å²) >= 11 is 0.